The number of carbonyl (C=O) groups excluding carboxylic acids is 1. The summed E-state index contributed by atoms with van der Waals surface area (Å²) in [4.78, 5) is 11.8. The van der Waals surface area contributed by atoms with E-state index >= 15 is 0 Å². The van der Waals surface area contributed by atoms with Crippen LogP contribution in [-0.4, -0.2) is 24.8 Å². The molecule has 15 heavy (non-hydrogen) atoms. The fourth-order valence-electron chi connectivity index (χ4n) is 1.59. The molecule has 2 heteroatoms. The van der Waals surface area contributed by atoms with Gasteiger partial charge in [0.25, 0.3) is 0 Å². The summed E-state index contributed by atoms with van der Waals surface area (Å²) in [5.41, 5.74) is 2.29. The summed E-state index contributed by atoms with van der Waals surface area (Å²) in [6, 6.07) is 7.99. The molecule has 0 aliphatic carbocycles. The van der Waals surface area contributed by atoms with Gasteiger partial charge in [-0.1, -0.05) is 0 Å². The molecule has 2 rings (SSSR count). The van der Waals surface area contributed by atoms with Gasteiger partial charge in [0.15, 0.2) is 0 Å². The second-order valence-electron chi connectivity index (χ2n) is 4.81. The normalized spacial score (nSPS) is 18.3. The Morgan fingerprint density at radius 2 is 1.73 bits per heavy atom. The molecule has 0 unspecified atom stereocenters. The Labute approximate surface area is 101 Å². The number of hydrogen-bond acceptors (Lipinski definition) is 1. The Hall–Kier alpha value is -0.580. The third-order valence-corrected chi connectivity index (χ3v) is 4.93. The van der Waals surface area contributed by atoms with E-state index < -0.39 is 20.9 Å². The molecule has 0 amide bonds. The topological polar surface area (TPSA) is 17.1 Å². The summed E-state index contributed by atoms with van der Waals surface area (Å²) >= 11 is -0.647. The van der Waals surface area contributed by atoms with Crippen molar-refractivity contribution in [3.05, 3.63) is 41.5 Å². The first-order chi connectivity index (χ1) is 6.97. The van der Waals surface area contributed by atoms with Crippen LogP contribution in [-0.2, 0) is 0 Å². The summed E-state index contributed by atoms with van der Waals surface area (Å²) in [7, 11) is 0. The Kier molecular flexibility index (Phi) is 2.75. The number of benzene rings is 1. The maximum atomic E-state index is 11.8. The van der Waals surface area contributed by atoms with Crippen molar-refractivity contribution in [1.82, 2.24) is 0 Å². The van der Waals surface area contributed by atoms with Gasteiger partial charge in [-0.2, -0.15) is 0 Å². The van der Waals surface area contributed by atoms with E-state index in [1.807, 2.05) is 18.2 Å². The van der Waals surface area contributed by atoms with E-state index in [0.717, 1.165) is 5.56 Å². The molecular formula is C13H14OTe. The van der Waals surface area contributed by atoms with Crippen LogP contribution in [0.3, 0.4) is 0 Å². The summed E-state index contributed by atoms with van der Waals surface area (Å²) in [6.45, 7) is 6.54. The first-order valence-electron chi connectivity index (χ1n) is 5.02. The quantitative estimate of drug-likeness (QED) is 0.673. The molecule has 0 radical (unpaired) electrons. The SMILES string of the molecule is CC(C)(C)/C=C1/[Te]C(=O)c2ccccc21. The Bertz CT molecular complexity index is 438. The van der Waals surface area contributed by atoms with Crippen molar-refractivity contribution in [2.45, 2.75) is 20.8 Å². The van der Waals surface area contributed by atoms with Gasteiger partial charge < -0.3 is 0 Å². The molecule has 0 N–H and O–H groups in total. The Balaban J connectivity index is 2.50. The Morgan fingerprint density at radius 3 is 2.33 bits per heavy atom. The van der Waals surface area contributed by atoms with Crippen molar-refractivity contribution >= 4 is 28.4 Å². The number of rotatable bonds is 0. The van der Waals surface area contributed by atoms with E-state index in [4.69, 9.17) is 0 Å². The van der Waals surface area contributed by atoms with Crippen LogP contribution in [0, 0.1) is 5.41 Å². The number of hydrogen-bond donors (Lipinski definition) is 0. The summed E-state index contributed by atoms with van der Waals surface area (Å²) in [5, 5.41) is 0. The third kappa shape index (κ3) is 2.33. The average molecular weight is 314 g/mol. The number of allylic oxidation sites excluding steroid dienone is 1. The van der Waals surface area contributed by atoms with Crippen molar-refractivity contribution in [1.29, 1.82) is 0 Å². The molecule has 1 aromatic rings. The molecule has 0 saturated carbocycles. The van der Waals surface area contributed by atoms with Gasteiger partial charge >= 0.3 is 101 Å². The van der Waals surface area contributed by atoms with Gasteiger partial charge in [0.2, 0.25) is 0 Å². The summed E-state index contributed by atoms with van der Waals surface area (Å²) in [6.07, 6.45) is 2.26. The molecule has 0 saturated heterocycles. The predicted octanol–water partition coefficient (Wildman–Crippen LogP) is 2.93. The van der Waals surface area contributed by atoms with E-state index in [-0.39, 0.29) is 5.41 Å². The van der Waals surface area contributed by atoms with Crippen LogP contribution >= 0.6 is 0 Å². The van der Waals surface area contributed by atoms with E-state index in [2.05, 4.69) is 32.9 Å². The molecule has 0 spiro atoms. The van der Waals surface area contributed by atoms with Gasteiger partial charge in [-0.25, -0.2) is 0 Å². The van der Waals surface area contributed by atoms with Crippen LogP contribution in [0.15, 0.2) is 30.3 Å². The minimum atomic E-state index is -0.647. The zero-order valence-corrected chi connectivity index (χ0v) is 11.5. The first kappa shape index (κ1) is 10.9. The van der Waals surface area contributed by atoms with Gasteiger partial charge in [0, 0.05) is 0 Å². The number of fused-ring (bicyclic) bond motifs is 1. The summed E-state index contributed by atoms with van der Waals surface area (Å²) in [5.74, 6) is 0. The van der Waals surface area contributed by atoms with E-state index in [0.29, 0.717) is 3.83 Å². The van der Waals surface area contributed by atoms with Gasteiger partial charge in [-0.05, 0) is 0 Å². The van der Waals surface area contributed by atoms with Crippen molar-refractivity contribution in [2.75, 3.05) is 0 Å². The predicted molar refractivity (Wildman–Crippen MR) is 64.0 cm³/mol. The van der Waals surface area contributed by atoms with Crippen LogP contribution in [0.25, 0.3) is 3.62 Å². The molecule has 1 aliphatic rings. The molecule has 0 bridgehead atoms. The van der Waals surface area contributed by atoms with Crippen LogP contribution in [0.4, 0.5) is 0 Å². The maximum absolute atomic E-state index is 11.8. The van der Waals surface area contributed by atoms with Crippen LogP contribution in [0.1, 0.15) is 36.7 Å². The van der Waals surface area contributed by atoms with Crippen molar-refractivity contribution in [3.63, 3.8) is 0 Å². The second kappa shape index (κ2) is 3.77. The van der Waals surface area contributed by atoms with Gasteiger partial charge in [-0.15, -0.1) is 0 Å². The fourth-order valence-corrected chi connectivity index (χ4v) is 4.98. The first-order valence-corrected chi connectivity index (χ1v) is 7.35. The van der Waals surface area contributed by atoms with Crippen LogP contribution < -0.4 is 0 Å². The zero-order valence-electron chi connectivity index (χ0n) is 9.20. The van der Waals surface area contributed by atoms with Crippen molar-refractivity contribution in [3.8, 4) is 0 Å². The second-order valence-corrected chi connectivity index (χ2v) is 7.71. The van der Waals surface area contributed by atoms with Gasteiger partial charge in [-0.3, -0.25) is 0 Å². The molecule has 1 nitrogen and oxygen atoms in total. The summed E-state index contributed by atoms with van der Waals surface area (Å²) < 4.78 is 1.69. The minimum absolute atomic E-state index is 0.165. The third-order valence-electron chi connectivity index (χ3n) is 2.18. The van der Waals surface area contributed by atoms with Crippen molar-refractivity contribution in [2.24, 2.45) is 5.41 Å². The van der Waals surface area contributed by atoms with Crippen molar-refractivity contribution < 1.29 is 4.79 Å². The Morgan fingerprint density at radius 1 is 1.13 bits per heavy atom. The monoisotopic (exact) mass is 316 g/mol. The van der Waals surface area contributed by atoms with Crippen LogP contribution in [0.2, 0.25) is 0 Å². The van der Waals surface area contributed by atoms with E-state index in [1.165, 1.54) is 9.18 Å². The molecule has 1 aliphatic heterocycles. The van der Waals surface area contributed by atoms with Gasteiger partial charge in [0.1, 0.15) is 0 Å². The standard InChI is InChI=1S/C13H14OTe/c1-13(2,3)8-11-9-6-4-5-7-10(9)12(14)15-11/h4-8H,1-3H3/b11-8+. The molecule has 1 aromatic carbocycles. The molecule has 1 heterocycles. The van der Waals surface area contributed by atoms with E-state index in [1.54, 1.807) is 0 Å². The molecule has 0 fully saturated rings. The number of carbonyl (C=O) groups is 1. The molecule has 78 valence electrons. The average Bonchev–Trinajstić information content (AvgIpc) is 2.42. The van der Waals surface area contributed by atoms with E-state index in [9.17, 15) is 4.79 Å². The molecule has 0 aromatic heterocycles. The van der Waals surface area contributed by atoms with Gasteiger partial charge in [0.05, 0.1) is 0 Å². The molecule has 0 atom stereocenters. The van der Waals surface area contributed by atoms with Crippen LogP contribution in [0.5, 0.6) is 0 Å². The molecular weight excluding hydrogens is 300 g/mol. The zero-order chi connectivity index (χ0) is 11.1. The fraction of sp³-hybridized carbons (Fsp3) is 0.308.